The standard InChI is InChI=1S/C11H19N3O/c1-11(2)5-9(3-4-15-11)14-8-13-7-10(14)6-12/h7-9H,3-6,12H2,1-2H3. The summed E-state index contributed by atoms with van der Waals surface area (Å²) in [4.78, 5) is 4.16. The van der Waals surface area contributed by atoms with Gasteiger partial charge in [0.15, 0.2) is 0 Å². The average Bonchev–Trinajstić information content (AvgIpc) is 2.63. The van der Waals surface area contributed by atoms with Crippen LogP contribution in [-0.4, -0.2) is 21.8 Å². The Labute approximate surface area is 90.4 Å². The summed E-state index contributed by atoms with van der Waals surface area (Å²) in [7, 11) is 0. The maximum Gasteiger partial charge on any atom is 0.0951 e. The quantitative estimate of drug-likeness (QED) is 0.802. The summed E-state index contributed by atoms with van der Waals surface area (Å²) in [6, 6.07) is 0.481. The summed E-state index contributed by atoms with van der Waals surface area (Å²) >= 11 is 0. The number of imidazole rings is 1. The Bertz CT molecular complexity index is 332. The lowest BCUT2D eigenvalue weighted by atomic mass is 9.93. The third-order valence-electron chi connectivity index (χ3n) is 3.02. The van der Waals surface area contributed by atoms with Gasteiger partial charge in [-0.1, -0.05) is 0 Å². The lowest BCUT2D eigenvalue weighted by Crippen LogP contribution is -2.35. The van der Waals surface area contributed by atoms with Crippen LogP contribution < -0.4 is 5.73 Å². The molecule has 0 spiro atoms. The number of ether oxygens (including phenoxy) is 1. The van der Waals surface area contributed by atoms with Crippen LogP contribution in [0.15, 0.2) is 12.5 Å². The van der Waals surface area contributed by atoms with Crippen LogP contribution in [0.4, 0.5) is 0 Å². The first-order valence-corrected chi connectivity index (χ1v) is 5.47. The molecule has 1 saturated heterocycles. The summed E-state index contributed by atoms with van der Waals surface area (Å²) in [5.74, 6) is 0. The molecule has 15 heavy (non-hydrogen) atoms. The molecule has 0 bridgehead atoms. The summed E-state index contributed by atoms with van der Waals surface area (Å²) < 4.78 is 7.90. The van der Waals surface area contributed by atoms with Crippen LogP contribution in [0.5, 0.6) is 0 Å². The second-order valence-electron chi connectivity index (χ2n) is 4.75. The molecule has 4 nitrogen and oxygen atoms in total. The number of hydrogen-bond donors (Lipinski definition) is 1. The lowest BCUT2D eigenvalue weighted by molar-refractivity contribution is -0.0694. The number of aromatic nitrogens is 2. The topological polar surface area (TPSA) is 53.1 Å². The van der Waals surface area contributed by atoms with Gasteiger partial charge >= 0.3 is 0 Å². The van der Waals surface area contributed by atoms with E-state index in [1.807, 2.05) is 12.5 Å². The fraction of sp³-hybridized carbons (Fsp3) is 0.727. The van der Waals surface area contributed by atoms with Crippen molar-refractivity contribution in [3.05, 3.63) is 18.2 Å². The first kappa shape index (κ1) is 10.6. The molecule has 0 radical (unpaired) electrons. The molecular weight excluding hydrogens is 190 g/mol. The van der Waals surface area contributed by atoms with E-state index in [9.17, 15) is 0 Å². The normalized spacial score (nSPS) is 25.4. The minimum Gasteiger partial charge on any atom is -0.375 e. The number of nitrogens with zero attached hydrogens (tertiary/aromatic N) is 2. The smallest absolute Gasteiger partial charge is 0.0951 e. The van der Waals surface area contributed by atoms with Gasteiger partial charge in [0, 0.05) is 25.4 Å². The van der Waals surface area contributed by atoms with Crippen LogP contribution in [0, 0.1) is 0 Å². The number of hydrogen-bond acceptors (Lipinski definition) is 3. The van der Waals surface area contributed by atoms with Gasteiger partial charge in [0.05, 0.1) is 17.6 Å². The third kappa shape index (κ3) is 2.21. The molecule has 1 fully saturated rings. The molecule has 1 aromatic rings. The van der Waals surface area contributed by atoms with Crippen LogP contribution in [0.2, 0.25) is 0 Å². The zero-order valence-electron chi connectivity index (χ0n) is 9.44. The molecule has 1 aliphatic rings. The molecule has 1 aliphatic heterocycles. The van der Waals surface area contributed by atoms with Crippen molar-refractivity contribution in [3.63, 3.8) is 0 Å². The van der Waals surface area contributed by atoms with Crippen LogP contribution in [0.1, 0.15) is 38.4 Å². The van der Waals surface area contributed by atoms with Crippen molar-refractivity contribution in [1.29, 1.82) is 0 Å². The lowest BCUT2D eigenvalue weighted by Gasteiger charge is -2.36. The highest BCUT2D eigenvalue weighted by Gasteiger charge is 2.30. The molecule has 2 heterocycles. The monoisotopic (exact) mass is 209 g/mol. The van der Waals surface area contributed by atoms with Gasteiger partial charge in [0.25, 0.3) is 0 Å². The van der Waals surface area contributed by atoms with Gasteiger partial charge in [-0.2, -0.15) is 0 Å². The van der Waals surface area contributed by atoms with Crippen molar-refractivity contribution in [2.45, 2.75) is 44.9 Å². The van der Waals surface area contributed by atoms with E-state index in [4.69, 9.17) is 10.5 Å². The average molecular weight is 209 g/mol. The largest absolute Gasteiger partial charge is 0.375 e. The van der Waals surface area contributed by atoms with Crippen molar-refractivity contribution in [2.75, 3.05) is 6.61 Å². The minimum absolute atomic E-state index is 0.0287. The molecule has 1 aromatic heterocycles. The van der Waals surface area contributed by atoms with Crippen molar-refractivity contribution in [1.82, 2.24) is 9.55 Å². The summed E-state index contributed by atoms with van der Waals surface area (Å²) in [5.41, 5.74) is 6.76. The molecule has 0 saturated carbocycles. The Hall–Kier alpha value is -0.870. The van der Waals surface area contributed by atoms with Gasteiger partial charge in [-0.05, 0) is 26.7 Å². The molecule has 4 heteroatoms. The number of rotatable bonds is 2. The predicted octanol–water partition coefficient (Wildman–Crippen LogP) is 1.47. The van der Waals surface area contributed by atoms with Crippen LogP contribution >= 0.6 is 0 Å². The Morgan fingerprint density at radius 2 is 2.47 bits per heavy atom. The van der Waals surface area contributed by atoms with Crippen LogP contribution in [0.3, 0.4) is 0 Å². The van der Waals surface area contributed by atoms with Gasteiger partial charge in [-0.15, -0.1) is 0 Å². The minimum atomic E-state index is -0.0287. The van der Waals surface area contributed by atoms with Gasteiger partial charge < -0.3 is 15.0 Å². The molecule has 1 unspecified atom stereocenters. The Balaban J connectivity index is 2.17. The first-order valence-electron chi connectivity index (χ1n) is 5.47. The van der Waals surface area contributed by atoms with E-state index >= 15 is 0 Å². The Morgan fingerprint density at radius 1 is 1.67 bits per heavy atom. The van der Waals surface area contributed by atoms with Gasteiger partial charge in [0.2, 0.25) is 0 Å². The highest BCUT2D eigenvalue weighted by Crippen LogP contribution is 2.32. The molecule has 2 N–H and O–H groups in total. The predicted molar refractivity (Wildman–Crippen MR) is 58.4 cm³/mol. The molecule has 0 aliphatic carbocycles. The van der Waals surface area contributed by atoms with Gasteiger partial charge in [-0.3, -0.25) is 0 Å². The highest BCUT2D eigenvalue weighted by atomic mass is 16.5. The molecule has 1 atom stereocenters. The molecule has 0 amide bonds. The molecule has 0 aromatic carbocycles. The molecule has 2 rings (SSSR count). The summed E-state index contributed by atoms with van der Waals surface area (Å²) in [6.45, 7) is 5.65. The summed E-state index contributed by atoms with van der Waals surface area (Å²) in [5, 5.41) is 0. The number of nitrogens with two attached hydrogens (primary N) is 1. The fourth-order valence-electron chi connectivity index (χ4n) is 2.26. The second kappa shape index (κ2) is 3.94. The van der Waals surface area contributed by atoms with E-state index in [1.54, 1.807) is 0 Å². The van der Waals surface area contributed by atoms with E-state index in [-0.39, 0.29) is 5.60 Å². The van der Waals surface area contributed by atoms with Crippen LogP contribution in [-0.2, 0) is 11.3 Å². The summed E-state index contributed by atoms with van der Waals surface area (Å²) in [6.07, 6.45) is 5.81. The van der Waals surface area contributed by atoms with Crippen molar-refractivity contribution in [2.24, 2.45) is 5.73 Å². The fourth-order valence-corrected chi connectivity index (χ4v) is 2.26. The maximum absolute atomic E-state index is 5.70. The maximum atomic E-state index is 5.70. The van der Waals surface area contributed by atoms with Crippen LogP contribution in [0.25, 0.3) is 0 Å². The molecule has 84 valence electrons. The second-order valence-corrected chi connectivity index (χ2v) is 4.75. The van der Waals surface area contributed by atoms with Crippen molar-refractivity contribution < 1.29 is 4.74 Å². The SMILES string of the molecule is CC1(C)CC(n2cncc2CN)CCO1. The Morgan fingerprint density at radius 3 is 3.13 bits per heavy atom. The van der Waals surface area contributed by atoms with E-state index in [1.165, 1.54) is 0 Å². The van der Waals surface area contributed by atoms with Gasteiger partial charge in [0.1, 0.15) is 0 Å². The zero-order chi connectivity index (χ0) is 10.9. The Kier molecular flexibility index (Phi) is 2.80. The highest BCUT2D eigenvalue weighted by molar-refractivity contribution is 5.01. The van der Waals surface area contributed by atoms with Crippen molar-refractivity contribution >= 4 is 0 Å². The van der Waals surface area contributed by atoms with E-state index in [0.717, 1.165) is 25.1 Å². The zero-order valence-corrected chi connectivity index (χ0v) is 9.44. The van der Waals surface area contributed by atoms with Crippen molar-refractivity contribution in [3.8, 4) is 0 Å². The first-order chi connectivity index (χ1) is 7.12. The van der Waals surface area contributed by atoms with E-state index < -0.39 is 0 Å². The third-order valence-corrected chi connectivity index (χ3v) is 3.02. The van der Waals surface area contributed by atoms with E-state index in [2.05, 4.69) is 23.4 Å². The van der Waals surface area contributed by atoms with E-state index in [0.29, 0.717) is 12.6 Å². The molecular formula is C11H19N3O. The van der Waals surface area contributed by atoms with Gasteiger partial charge in [-0.25, -0.2) is 4.98 Å².